The molecule has 0 saturated carbocycles. The zero-order valence-electron chi connectivity index (χ0n) is 16.7. The summed E-state index contributed by atoms with van der Waals surface area (Å²) in [5.41, 5.74) is 1.79. The van der Waals surface area contributed by atoms with Gasteiger partial charge in [0.2, 0.25) is 5.91 Å². The molecule has 0 aliphatic carbocycles. The van der Waals surface area contributed by atoms with E-state index >= 15 is 0 Å². The monoisotopic (exact) mass is 438 g/mol. The van der Waals surface area contributed by atoms with Gasteiger partial charge in [0.05, 0.1) is 25.6 Å². The fourth-order valence-electron chi connectivity index (χ4n) is 3.06. The minimum absolute atomic E-state index is 0.213. The van der Waals surface area contributed by atoms with Gasteiger partial charge in [0.25, 0.3) is 5.56 Å². The molecule has 0 atom stereocenters. The molecule has 0 radical (unpaired) electrons. The first-order chi connectivity index (χ1) is 15.0. The number of hydrogen-bond donors (Lipinski definition) is 1. The van der Waals surface area contributed by atoms with E-state index < -0.39 is 11.9 Å². The summed E-state index contributed by atoms with van der Waals surface area (Å²) in [7, 11) is 2.86. The van der Waals surface area contributed by atoms with Crippen LogP contribution in [0.4, 0.5) is 5.69 Å². The van der Waals surface area contributed by atoms with Gasteiger partial charge in [0.15, 0.2) is 0 Å². The molecule has 1 amide bonds. The Kier molecular flexibility index (Phi) is 5.54. The van der Waals surface area contributed by atoms with Crippen LogP contribution in [-0.4, -0.2) is 40.3 Å². The maximum absolute atomic E-state index is 12.9. The van der Waals surface area contributed by atoms with Gasteiger partial charge in [0, 0.05) is 18.0 Å². The highest BCUT2D eigenvalue weighted by Gasteiger charge is 2.17. The number of carbonyl (C=O) groups is 2. The quantitative estimate of drug-likeness (QED) is 0.464. The number of amides is 1. The van der Waals surface area contributed by atoms with Crippen LogP contribution < -0.4 is 15.6 Å². The summed E-state index contributed by atoms with van der Waals surface area (Å²) in [5.74, 6) is -0.249. The first-order valence-corrected chi connectivity index (χ1v) is 10.1. The van der Waals surface area contributed by atoms with Crippen LogP contribution in [0.3, 0.4) is 0 Å². The predicted octanol–water partition coefficient (Wildman–Crippen LogP) is 2.66. The maximum atomic E-state index is 12.9. The van der Waals surface area contributed by atoms with E-state index in [0.717, 1.165) is 22.6 Å². The van der Waals surface area contributed by atoms with Gasteiger partial charge < -0.3 is 19.4 Å². The molecule has 4 aromatic rings. The van der Waals surface area contributed by atoms with Crippen molar-refractivity contribution in [1.82, 2.24) is 14.2 Å². The Morgan fingerprint density at radius 2 is 1.90 bits per heavy atom. The number of esters is 1. The van der Waals surface area contributed by atoms with Crippen LogP contribution in [-0.2, 0) is 16.1 Å². The van der Waals surface area contributed by atoms with Gasteiger partial charge >= 0.3 is 5.97 Å². The molecule has 158 valence electrons. The van der Waals surface area contributed by atoms with Crippen LogP contribution in [0.2, 0.25) is 0 Å². The average molecular weight is 438 g/mol. The van der Waals surface area contributed by atoms with Crippen molar-refractivity contribution in [1.29, 1.82) is 0 Å². The van der Waals surface area contributed by atoms with Crippen LogP contribution in [0.1, 0.15) is 9.67 Å². The Hall–Kier alpha value is -3.92. The van der Waals surface area contributed by atoms with Gasteiger partial charge in [-0.15, -0.1) is 11.3 Å². The van der Waals surface area contributed by atoms with Crippen molar-refractivity contribution in [2.75, 3.05) is 19.5 Å². The van der Waals surface area contributed by atoms with E-state index in [1.165, 1.54) is 22.4 Å². The molecule has 31 heavy (non-hydrogen) atoms. The van der Waals surface area contributed by atoms with Crippen molar-refractivity contribution < 1.29 is 19.1 Å². The molecule has 3 heterocycles. The topological polar surface area (TPSA) is 104 Å². The Labute approximate surface area is 180 Å². The number of fused-ring (bicyclic) bond motifs is 1. The van der Waals surface area contributed by atoms with Crippen LogP contribution >= 0.6 is 11.3 Å². The fraction of sp³-hybridized carbons (Fsp3) is 0.143. The number of aromatic nitrogens is 3. The van der Waals surface area contributed by atoms with Crippen molar-refractivity contribution >= 4 is 34.4 Å². The van der Waals surface area contributed by atoms with E-state index in [4.69, 9.17) is 9.47 Å². The van der Waals surface area contributed by atoms with Gasteiger partial charge in [0.1, 0.15) is 22.7 Å². The maximum Gasteiger partial charge on any atom is 0.350 e. The van der Waals surface area contributed by atoms with E-state index in [1.807, 2.05) is 24.3 Å². The molecule has 0 saturated heterocycles. The van der Waals surface area contributed by atoms with Gasteiger partial charge in [-0.05, 0) is 41.8 Å². The lowest BCUT2D eigenvalue weighted by atomic mass is 10.1. The summed E-state index contributed by atoms with van der Waals surface area (Å²) < 4.78 is 12.6. The van der Waals surface area contributed by atoms with Crippen LogP contribution in [0.5, 0.6) is 5.75 Å². The smallest absolute Gasteiger partial charge is 0.350 e. The van der Waals surface area contributed by atoms with Crippen molar-refractivity contribution in [2.24, 2.45) is 0 Å². The second-order valence-corrected chi connectivity index (χ2v) is 7.44. The molecule has 10 heteroatoms. The largest absolute Gasteiger partial charge is 0.497 e. The van der Waals surface area contributed by atoms with Crippen molar-refractivity contribution in [3.63, 3.8) is 0 Å². The summed E-state index contributed by atoms with van der Waals surface area (Å²) >= 11 is 1.16. The number of nitrogens with zero attached hydrogens (tertiary/aromatic N) is 3. The molecule has 0 unspecified atom stereocenters. The van der Waals surface area contributed by atoms with E-state index in [0.29, 0.717) is 21.8 Å². The molecule has 9 nitrogen and oxygen atoms in total. The number of rotatable bonds is 6. The lowest BCUT2D eigenvalue weighted by molar-refractivity contribution is -0.116. The van der Waals surface area contributed by atoms with E-state index in [1.54, 1.807) is 30.8 Å². The van der Waals surface area contributed by atoms with Gasteiger partial charge in [-0.1, -0.05) is 0 Å². The third-order valence-corrected chi connectivity index (χ3v) is 5.51. The fourth-order valence-corrected chi connectivity index (χ4v) is 3.82. The molecule has 0 aliphatic rings. The van der Waals surface area contributed by atoms with E-state index in [9.17, 15) is 14.4 Å². The Balaban J connectivity index is 1.56. The first kappa shape index (κ1) is 20.4. The van der Waals surface area contributed by atoms with Crippen LogP contribution in [0, 0.1) is 0 Å². The van der Waals surface area contributed by atoms with Crippen molar-refractivity contribution in [2.45, 2.75) is 6.54 Å². The lowest BCUT2D eigenvalue weighted by Crippen LogP contribution is -2.28. The summed E-state index contributed by atoms with van der Waals surface area (Å²) in [5, 5.41) is 8.75. The molecular formula is C21H18N4O5S. The zero-order valence-corrected chi connectivity index (χ0v) is 17.5. The van der Waals surface area contributed by atoms with Gasteiger partial charge in [-0.3, -0.25) is 9.59 Å². The summed E-state index contributed by atoms with van der Waals surface area (Å²) in [6.45, 7) is -0.213. The number of anilines is 1. The number of benzene rings is 1. The number of carbonyl (C=O) groups excluding carboxylic acids is 2. The number of thiophene rings is 1. The number of methoxy groups -OCH3 is 2. The average Bonchev–Trinajstić information content (AvgIpc) is 3.43. The third-order valence-electron chi connectivity index (χ3n) is 4.61. The molecular weight excluding hydrogens is 420 g/mol. The minimum atomic E-state index is -0.533. The Morgan fingerprint density at radius 1 is 1.13 bits per heavy atom. The zero-order chi connectivity index (χ0) is 22.0. The van der Waals surface area contributed by atoms with E-state index in [-0.39, 0.29) is 12.1 Å². The van der Waals surface area contributed by atoms with Crippen molar-refractivity contribution in [3.05, 3.63) is 69.4 Å². The second kappa shape index (κ2) is 8.44. The molecule has 0 fully saturated rings. The highest BCUT2D eigenvalue weighted by Crippen LogP contribution is 2.23. The molecule has 0 aliphatic heterocycles. The van der Waals surface area contributed by atoms with Crippen molar-refractivity contribution in [3.8, 4) is 17.0 Å². The molecule has 1 N–H and O–H groups in total. The Bertz CT molecular complexity index is 1320. The standard InChI is InChI=1S/C21H18N4O5S/c1-29-14-5-3-13(4-6-14)16-11-17-20(27)24(8-9-25(17)23-16)12-18(26)22-15-7-10-31-19(15)21(28)30-2/h3-11H,12H2,1-2H3,(H,22,26). The number of nitrogens with one attached hydrogen (secondary N) is 1. The summed E-state index contributed by atoms with van der Waals surface area (Å²) in [6.07, 6.45) is 3.11. The summed E-state index contributed by atoms with van der Waals surface area (Å²) in [6, 6.07) is 10.6. The first-order valence-electron chi connectivity index (χ1n) is 9.19. The highest BCUT2D eigenvalue weighted by molar-refractivity contribution is 7.12. The van der Waals surface area contributed by atoms with Gasteiger partial charge in [-0.2, -0.15) is 5.10 Å². The van der Waals surface area contributed by atoms with Crippen LogP contribution in [0.15, 0.2) is 59.0 Å². The lowest BCUT2D eigenvalue weighted by Gasteiger charge is -2.08. The molecule has 1 aromatic carbocycles. The molecule has 0 spiro atoms. The SMILES string of the molecule is COC(=O)c1sccc1NC(=O)Cn1ccn2nc(-c3ccc(OC)cc3)cc2c1=O. The van der Waals surface area contributed by atoms with E-state index in [2.05, 4.69) is 10.4 Å². The van der Waals surface area contributed by atoms with Crippen LogP contribution in [0.25, 0.3) is 16.8 Å². The number of hydrogen-bond acceptors (Lipinski definition) is 7. The molecule has 4 rings (SSSR count). The summed E-state index contributed by atoms with van der Waals surface area (Å²) in [4.78, 5) is 37.4. The Morgan fingerprint density at radius 3 is 2.61 bits per heavy atom. The second-order valence-electron chi connectivity index (χ2n) is 6.52. The highest BCUT2D eigenvalue weighted by atomic mass is 32.1. The van der Waals surface area contributed by atoms with Gasteiger partial charge in [-0.25, -0.2) is 9.31 Å². The molecule has 3 aromatic heterocycles. The molecule has 0 bridgehead atoms. The minimum Gasteiger partial charge on any atom is -0.497 e. The number of ether oxygens (including phenoxy) is 2. The normalized spacial score (nSPS) is 10.8. The predicted molar refractivity (Wildman–Crippen MR) is 116 cm³/mol. The third kappa shape index (κ3) is 4.05.